The predicted molar refractivity (Wildman–Crippen MR) is 208 cm³/mol. The van der Waals surface area contributed by atoms with Crippen molar-refractivity contribution in [1.82, 2.24) is 4.90 Å². The molecule has 1 aliphatic rings. The molecule has 0 bridgehead atoms. The van der Waals surface area contributed by atoms with Crippen LogP contribution in [0.1, 0.15) is 168 Å². The van der Waals surface area contributed by atoms with Crippen LogP contribution in [0.2, 0.25) is 0 Å². The van der Waals surface area contributed by atoms with E-state index in [0.717, 1.165) is 52.0 Å². The zero-order chi connectivity index (χ0) is 34.6. The number of rotatable bonds is 35. The molecule has 1 saturated heterocycles. The Labute approximate surface area is 298 Å². The Morgan fingerprint density at radius 2 is 0.875 bits per heavy atom. The van der Waals surface area contributed by atoms with E-state index in [1.807, 2.05) is 0 Å². The van der Waals surface area contributed by atoms with Gasteiger partial charge in [0.25, 0.3) is 0 Å². The van der Waals surface area contributed by atoms with Crippen molar-refractivity contribution in [2.45, 2.75) is 186 Å². The summed E-state index contributed by atoms with van der Waals surface area (Å²) < 4.78 is 12.7. The standard InChI is InChI=1S/C43H79NO4/c1-3-5-7-9-11-13-15-17-19-21-23-25-27-29-31-33-35-47-42-38-44(37-41(46)40-45)39-43(42)48-36-34-32-30-28-26-24-22-20-18-16-14-12-10-8-6-4-2/h11-14,17-20,41-43,45-46H,3-10,15-16,21-40H2,1-2H3/b13-11-,14-12-,19-17-,20-18-. The highest BCUT2D eigenvalue weighted by Crippen LogP contribution is 2.19. The third kappa shape index (κ3) is 28.6. The highest BCUT2D eigenvalue weighted by atomic mass is 16.5. The van der Waals surface area contributed by atoms with Crippen LogP contribution < -0.4 is 0 Å². The van der Waals surface area contributed by atoms with E-state index >= 15 is 0 Å². The van der Waals surface area contributed by atoms with Crippen LogP contribution >= 0.6 is 0 Å². The molecule has 0 aliphatic carbocycles. The van der Waals surface area contributed by atoms with Crippen LogP contribution in [-0.2, 0) is 9.47 Å². The zero-order valence-electron chi connectivity index (χ0n) is 31.7. The molecule has 3 unspecified atom stereocenters. The first-order chi connectivity index (χ1) is 23.7. The molecule has 1 rings (SSSR count). The quantitative estimate of drug-likeness (QED) is 0.0518. The average molecular weight is 674 g/mol. The number of hydrogen-bond acceptors (Lipinski definition) is 5. The number of unbranched alkanes of at least 4 members (excludes halogenated alkanes) is 18. The fourth-order valence-electron chi connectivity index (χ4n) is 6.29. The van der Waals surface area contributed by atoms with Gasteiger partial charge in [0.15, 0.2) is 0 Å². The minimum absolute atomic E-state index is 0.0541. The molecule has 0 aromatic rings. The Hall–Kier alpha value is -1.24. The van der Waals surface area contributed by atoms with Crippen LogP contribution in [0, 0.1) is 0 Å². The number of aliphatic hydroxyl groups is 2. The summed E-state index contributed by atoms with van der Waals surface area (Å²) >= 11 is 0. The summed E-state index contributed by atoms with van der Waals surface area (Å²) in [6.45, 7) is 7.89. The van der Waals surface area contributed by atoms with E-state index in [-0.39, 0.29) is 18.8 Å². The summed E-state index contributed by atoms with van der Waals surface area (Å²) in [4.78, 5) is 2.19. The maximum Gasteiger partial charge on any atom is 0.0975 e. The Morgan fingerprint density at radius 3 is 1.25 bits per heavy atom. The summed E-state index contributed by atoms with van der Waals surface area (Å²) in [5, 5.41) is 19.3. The lowest BCUT2D eigenvalue weighted by atomic mass is 10.1. The van der Waals surface area contributed by atoms with Crippen molar-refractivity contribution < 1.29 is 19.7 Å². The molecule has 2 N–H and O–H groups in total. The molecule has 1 heterocycles. The van der Waals surface area contributed by atoms with Gasteiger partial charge >= 0.3 is 0 Å². The molecular formula is C43H79NO4. The first-order valence-electron chi connectivity index (χ1n) is 20.6. The Balaban J connectivity index is 2.08. The lowest BCUT2D eigenvalue weighted by molar-refractivity contribution is -0.0481. The molecule has 0 aromatic heterocycles. The Bertz CT molecular complexity index is 721. The van der Waals surface area contributed by atoms with Crippen molar-refractivity contribution in [2.75, 3.05) is 39.5 Å². The van der Waals surface area contributed by atoms with E-state index in [1.165, 1.54) is 128 Å². The lowest BCUT2D eigenvalue weighted by Gasteiger charge is -2.20. The monoisotopic (exact) mass is 674 g/mol. The van der Waals surface area contributed by atoms with Gasteiger partial charge in [-0.15, -0.1) is 0 Å². The number of aliphatic hydroxyl groups excluding tert-OH is 2. The number of β-amino-alcohol motifs (C(OH)–C–C–N with tert-alkyl or cyclic N) is 1. The highest BCUT2D eigenvalue weighted by molar-refractivity contribution is 4.93. The van der Waals surface area contributed by atoms with Crippen molar-refractivity contribution in [1.29, 1.82) is 0 Å². The summed E-state index contributed by atoms with van der Waals surface area (Å²) in [7, 11) is 0. The molecule has 1 fully saturated rings. The van der Waals surface area contributed by atoms with E-state index in [2.05, 4.69) is 67.4 Å². The first-order valence-corrected chi connectivity index (χ1v) is 20.6. The number of hydrogen-bond donors (Lipinski definition) is 2. The molecular weight excluding hydrogens is 594 g/mol. The number of likely N-dealkylation sites (tertiary alicyclic amines) is 1. The van der Waals surface area contributed by atoms with Crippen molar-refractivity contribution in [3.8, 4) is 0 Å². The van der Waals surface area contributed by atoms with Gasteiger partial charge in [0.05, 0.1) is 24.9 Å². The van der Waals surface area contributed by atoms with E-state index < -0.39 is 6.10 Å². The molecule has 0 amide bonds. The van der Waals surface area contributed by atoms with E-state index in [9.17, 15) is 10.2 Å². The third-order valence-electron chi connectivity index (χ3n) is 9.32. The van der Waals surface area contributed by atoms with Crippen molar-refractivity contribution in [3.63, 3.8) is 0 Å². The fraction of sp³-hybridized carbons (Fsp3) is 0.814. The second-order valence-electron chi connectivity index (χ2n) is 14.0. The lowest BCUT2D eigenvalue weighted by Crippen LogP contribution is -2.33. The summed E-state index contributed by atoms with van der Waals surface area (Å²) in [5.74, 6) is 0. The van der Waals surface area contributed by atoms with Gasteiger partial charge in [0.1, 0.15) is 0 Å². The van der Waals surface area contributed by atoms with Crippen molar-refractivity contribution in [2.24, 2.45) is 0 Å². The van der Waals surface area contributed by atoms with Crippen LogP contribution in [-0.4, -0.2) is 72.9 Å². The Morgan fingerprint density at radius 1 is 0.521 bits per heavy atom. The molecule has 280 valence electrons. The molecule has 48 heavy (non-hydrogen) atoms. The molecule has 0 spiro atoms. The molecule has 0 radical (unpaired) electrons. The van der Waals surface area contributed by atoms with Gasteiger partial charge in [-0.3, -0.25) is 4.90 Å². The second kappa shape index (κ2) is 35.6. The summed E-state index contributed by atoms with van der Waals surface area (Å²) in [6, 6.07) is 0. The molecule has 1 aliphatic heterocycles. The highest BCUT2D eigenvalue weighted by Gasteiger charge is 2.34. The third-order valence-corrected chi connectivity index (χ3v) is 9.32. The van der Waals surface area contributed by atoms with Crippen molar-refractivity contribution >= 4 is 0 Å². The van der Waals surface area contributed by atoms with Crippen LogP contribution in [0.5, 0.6) is 0 Å². The fourth-order valence-corrected chi connectivity index (χ4v) is 6.29. The minimum atomic E-state index is -0.704. The number of allylic oxidation sites excluding steroid dienone is 8. The van der Waals surface area contributed by atoms with Gasteiger partial charge in [-0.05, 0) is 77.0 Å². The molecule has 0 aromatic carbocycles. The van der Waals surface area contributed by atoms with Gasteiger partial charge in [-0.25, -0.2) is 0 Å². The number of nitrogens with zero attached hydrogens (tertiary/aromatic N) is 1. The topological polar surface area (TPSA) is 62.2 Å². The smallest absolute Gasteiger partial charge is 0.0975 e. The van der Waals surface area contributed by atoms with Crippen LogP contribution in [0.3, 0.4) is 0 Å². The maximum atomic E-state index is 9.97. The van der Waals surface area contributed by atoms with Gasteiger partial charge in [-0.2, -0.15) is 0 Å². The van der Waals surface area contributed by atoms with Crippen LogP contribution in [0.15, 0.2) is 48.6 Å². The number of ether oxygens (including phenoxy) is 2. The summed E-state index contributed by atoms with van der Waals surface area (Å²) in [5.41, 5.74) is 0. The van der Waals surface area contributed by atoms with Gasteiger partial charge in [0, 0.05) is 32.8 Å². The van der Waals surface area contributed by atoms with Gasteiger partial charge < -0.3 is 19.7 Å². The molecule has 0 saturated carbocycles. The summed E-state index contributed by atoms with van der Waals surface area (Å²) in [6.07, 6.45) is 48.0. The van der Waals surface area contributed by atoms with Gasteiger partial charge in [-0.1, -0.05) is 140 Å². The molecule has 3 atom stereocenters. The average Bonchev–Trinajstić information content (AvgIpc) is 3.47. The first kappa shape index (κ1) is 44.8. The minimum Gasteiger partial charge on any atom is -0.394 e. The molecule has 5 heteroatoms. The largest absolute Gasteiger partial charge is 0.394 e. The molecule has 5 nitrogen and oxygen atoms in total. The normalized spacial score (nSPS) is 18.2. The van der Waals surface area contributed by atoms with E-state index in [0.29, 0.717) is 6.54 Å². The zero-order valence-corrected chi connectivity index (χ0v) is 31.7. The van der Waals surface area contributed by atoms with E-state index in [4.69, 9.17) is 9.47 Å². The van der Waals surface area contributed by atoms with Crippen molar-refractivity contribution in [3.05, 3.63) is 48.6 Å². The van der Waals surface area contributed by atoms with E-state index in [1.54, 1.807) is 0 Å². The van der Waals surface area contributed by atoms with Gasteiger partial charge in [0.2, 0.25) is 0 Å². The van der Waals surface area contributed by atoms with Crippen LogP contribution in [0.4, 0.5) is 0 Å². The maximum absolute atomic E-state index is 9.97. The van der Waals surface area contributed by atoms with Crippen LogP contribution in [0.25, 0.3) is 0 Å². The predicted octanol–water partition coefficient (Wildman–Crippen LogP) is 11.1. The SMILES string of the molecule is CCCCC/C=C\C/C=C\CCCCCCCCOC1CN(CC(O)CO)CC1OCCCCCCCC/C=C\C/C=C\CCCCC. The second-order valence-corrected chi connectivity index (χ2v) is 14.0. The Kier molecular flexibility index (Phi) is 33.2.